The minimum atomic E-state index is -1.04. The first-order valence-electron chi connectivity index (χ1n) is 15.9. The monoisotopic (exact) mass is 620 g/mol. The summed E-state index contributed by atoms with van der Waals surface area (Å²) in [6.45, 7) is 4.05. The van der Waals surface area contributed by atoms with Crippen molar-refractivity contribution in [3.8, 4) is 22.6 Å². The van der Waals surface area contributed by atoms with Crippen molar-refractivity contribution >= 4 is 11.8 Å². The summed E-state index contributed by atoms with van der Waals surface area (Å²) in [6.07, 6.45) is 5.99. The van der Waals surface area contributed by atoms with E-state index in [9.17, 15) is 18.4 Å². The van der Waals surface area contributed by atoms with Gasteiger partial charge in [-0.1, -0.05) is 49.7 Å². The van der Waals surface area contributed by atoms with Gasteiger partial charge in [-0.2, -0.15) is 0 Å². The van der Waals surface area contributed by atoms with Gasteiger partial charge >= 0.3 is 0 Å². The molecule has 2 heterocycles. The maximum Gasteiger partial charge on any atom is 0.260 e. The molecule has 0 spiro atoms. The molecule has 0 unspecified atom stereocenters. The Hall–Kier alpha value is -3.98. The van der Waals surface area contributed by atoms with Crippen LogP contribution in [0.3, 0.4) is 0 Å². The van der Waals surface area contributed by atoms with Gasteiger partial charge in [0.05, 0.1) is 26.4 Å². The fraction of sp³-hybridized carbons (Fsp3) is 0.444. The van der Waals surface area contributed by atoms with Crippen LogP contribution in [-0.2, 0) is 11.2 Å². The van der Waals surface area contributed by atoms with E-state index in [-0.39, 0.29) is 29.6 Å². The van der Waals surface area contributed by atoms with E-state index < -0.39 is 23.1 Å². The number of nitrogens with zero attached hydrogens (tertiary/aromatic N) is 2. The zero-order chi connectivity index (χ0) is 31.9. The first kappa shape index (κ1) is 32.4. The molecule has 2 amide bonds. The highest BCUT2D eigenvalue weighted by molar-refractivity contribution is 5.96. The van der Waals surface area contributed by atoms with Crippen LogP contribution in [0.2, 0.25) is 0 Å². The lowest BCUT2D eigenvalue weighted by Crippen LogP contribution is -2.45. The molecule has 45 heavy (non-hydrogen) atoms. The van der Waals surface area contributed by atoms with Crippen molar-refractivity contribution in [1.82, 2.24) is 9.80 Å². The first-order valence-corrected chi connectivity index (χ1v) is 15.9. The lowest BCUT2D eigenvalue weighted by Gasteiger charge is -2.37. The number of hydrogen-bond donors (Lipinski definition) is 0. The molecule has 0 aliphatic carbocycles. The predicted molar refractivity (Wildman–Crippen MR) is 169 cm³/mol. The van der Waals surface area contributed by atoms with Gasteiger partial charge in [0.15, 0.2) is 23.1 Å². The Morgan fingerprint density at radius 1 is 0.733 bits per heavy atom. The van der Waals surface area contributed by atoms with E-state index in [0.29, 0.717) is 44.6 Å². The number of halogens is 2. The Morgan fingerprint density at radius 3 is 1.67 bits per heavy atom. The van der Waals surface area contributed by atoms with Gasteiger partial charge in [0.25, 0.3) is 11.8 Å². The van der Waals surface area contributed by atoms with Gasteiger partial charge in [0.1, 0.15) is 5.56 Å². The van der Waals surface area contributed by atoms with Crippen molar-refractivity contribution < 1.29 is 32.6 Å². The Balaban J connectivity index is 1.09. The fourth-order valence-corrected chi connectivity index (χ4v) is 6.13. The van der Waals surface area contributed by atoms with E-state index in [1.165, 1.54) is 37.5 Å². The van der Waals surface area contributed by atoms with Crippen LogP contribution in [-0.4, -0.2) is 74.2 Å². The summed E-state index contributed by atoms with van der Waals surface area (Å²) in [5, 5.41) is 0. The fourth-order valence-electron chi connectivity index (χ4n) is 6.13. The van der Waals surface area contributed by atoms with E-state index in [2.05, 4.69) is 31.2 Å². The molecular formula is C36H42F2N2O5. The van der Waals surface area contributed by atoms with Gasteiger partial charge in [-0.05, 0) is 67.3 Å². The molecule has 2 aliphatic heterocycles. The molecule has 3 aromatic carbocycles. The average Bonchev–Trinajstić information content (AvgIpc) is 3.08. The van der Waals surface area contributed by atoms with E-state index in [0.717, 1.165) is 36.5 Å². The second-order valence-corrected chi connectivity index (χ2v) is 11.8. The number of rotatable bonds is 10. The van der Waals surface area contributed by atoms with Gasteiger partial charge in [0, 0.05) is 37.8 Å². The van der Waals surface area contributed by atoms with Crippen molar-refractivity contribution in [2.24, 2.45) is 0 Å². The Kier molecular flexibility index (Phi) is 10.7. The van der Waals surface area contributed by atoms with Crippen LogP contribution in [0.25, 0.3) is 11.1 Å². The summed E-state index contributed by atoms with van der Waals surface area (Å²) in [4.78, 5) is 29.6. The minimum Gasteiger partial charge on any atom is -0.494 e. The molecule has 0 atom stereocenters. The van der Waals surface area contributed by atoms with Crippen molar-refractivity contribution in [1.29, 1.82) is 0 Å². The predicted octanol–water partition coefficient (Wildman–Crippen LogP) is 6.92. The molecule has 0 aromatic heterocycles. The molecular weight excluding hydrogens is 578 g/mol. The Morgan fingerprint density at radius 2 is 1.20 bits per heavy atom. The van der Waals surface area contributed by atoms with Crippen LogP contribution in [0.15, 0.2) is 54.6 Å². The normalized spacial score (nSPS) is 16.1. The summed E-state index contributed by atoms with van der Waals surface area (Å²) < 4.78 is 46.0. The van der Waals surface area contributed by atoms with Crippen molar-refractivity contribution in [2.45, 2.75) is 64.1 Å². The second-order valence-electron chi connectivity index (χ2n) is 11.8. The molecule has 0 bridgehead atoms. The highest BCUT2D eigenvalue weighted by Gasteiger charge is 2.33. The molecule has 2 aliphatic rings. The molecule has 9 heteroatoms. The molecule has 0 saturated carbocycles. The minimum absolute atomic E-state index is 0.0153. The maximum atomic E-state index is 14.8. The first-order chi connectivity index (χ1) is 21.8. The van der Waals surface area contributed by atoms with Gasteiger partial charge in [-0.25, -0.2) is 8.78 Å². The number of piperidine rings is 2. The number of unbranched alkanes of at least 4 members (excludes halogenated alkanes) is 1. The summed E-state index contributed by atoms with van der Waals surface area (Å²) >= 11 is 0. The number of carbonyl (C=O) groups is 2. The van der Waals surface area contributed by atoms with Gasteiger partial charge in [-0.3, -0.25) is 9.59 Å². The van der Waals surface area contributed by atoms with Crippen LogP contribution in [0, 0.1) is 11.6 Å². The zero-order valence-electron chi connectivity index (χ0n) is 26.3. The second kappa shape index (κ2) is 14.9. The van der Waals surface area contributed by atoms with Gasteiger partial charge in [-0.15, -0.1) is 0 Å². The SMILES string of the molecule is CCCCc1ccc(-c2ccc(C(=O)N3CCC(OC4CCN(C(=O)c5c(F)c(OC)cc(OC)c5F)CC4)CC3)cc2)cc1. The number of likely N-dealkylation sites (tertiary alicyclic amines) is 2. The highest BCUT2D eigenvalue weighted by atomic mass is 19.1. The standard InChI is InChI=1S/C36H42F2N2O5/c1-4-5-6-24-7-9-25(10-8-24)26-11-13-27(14-12-26)35(41)39-19-15-28(16-20-39)45-29-17-21-40(22-18-29)36(42)32-33(37)30(43-2)23-31(44-3)34(32)38/h7-14,23,28-29H,4-6,15-22H2,1-3H3. The number of ether oxygens (including phenoxy) is 3. The molecule has 240 valence electrons. The lowest BCUT2D eigenvalue weighted by molar-refractivity contribution is -0.0593. The van der Waals surface area contributed by atoms with Crippen LogP contribution >= 0.6 is 0 Å². The van der Waals surface area contributed by atoms with E-state index >= 15 is 0 Å². The maximum absolute atomic E-state index is 14.8. The van der Waals surface area contributed by atoms with Crippen molar-refractivity contribution in [3.63, 3.8) is 0 Å². The number of carbonyl (C=O) groups excluding carboxylic acids is 2. The quantitative estimate of drug-likeness (QED) is 0.246. The molecule has 2 saturated heterocycles. The Bertz CT molecular complexity index is 1430. The third kappa shape index (κ3) is 7.47. The zero-order valence-corrected chi connectivity index (χ0v) is 26.3. The highest BCUT2D eigenvalue weighted by Crippen LogP contribution is 2.33. The molecule has 5 rings (SSSR count). The van der Waals surface area contributed by atoms with Gasteiger partial charge < -0.3 is 24.0 Å². The summed E-state index contributed by atoms with van der Waals surface area (Å²) in [7, 11) is 2.50. The average molecular weight is 621 g/mol. The Labute approximate surface area is 264 Å². The number of aryl methyl sites for hydroxylation is 1. The van der Waals surface area contributed by atoms with Crippen LogP contribution in [0.1, 0.15) is 71.7 Å². The lowest BCUT2D eigenvalue weighted by atomic mass is 10.00. The number of hydrogen-bond acceptors (Lipinski definition) is 5. The van der Waals surface area contributed by atoms with Crippen LogP contribution < -0.4 is 9.47 Å². The van der Waals surface area contributed by atoms with E-state index in [4.69, 9.17) is 14.2 Å². The number of benzene rings is 3. The summed E-state index contributed by atoms with van der Waals surface area (Å²) in [5.41, 5.74) is 3.58. The molecule has 3 aromatic rings. The summed E-state index contributed by atoms with van der Waals surface area (Å²) in [5.74, 6) is -3.29. The summed E-state index contributed by atoms with van der Waals surface area (Å²) in [6, 6.07) is 17.6. The third-order valence-corrected chi connectivity index (χ3v) is 8.87. The van der Waals surface area contributed by atoms with E-state index in [1.807, 2.05) is 29.2 Å². The smallest absolute Gasteiger partial charge is 0.260 e. The topological polar surface area (TPSA) is 68.3 Å². The van der Waals surface area contributed by atoms with Crippen LogP contribution in [0.4, 0.5) is 8.78 Å². The largest absolute Gasteiger partial charge is 0.494 e. The molecule has 2 fully saturated rings. The van der Waals surface area contributed by atoms with Crippen LogP contribution in [0.5, 0.6) is 11.5 Å². The number of amides is 2. The van der Waals surface area contributed by atoms with E-state index in [1.54, 1.807) is 0 Å². The molecule has 0 radical (unpaired) electrons. The van der Waals surface area contributed by atoms with Crippen molar-refractivity contribution in [3.05, 3.63) is 82.9 Å². The molecule has 7 nitrogen and oxygen atoms in total. The van der Waals surface area contributed by atoms with Crippen molar-refractivity contribution in [2.75, 3.05) is 40.4 Å². The van der Waals surface area contributed by atoms with Gasteiger partial charge in [0.2, 0.25) is 0 Å². The molecule has 0 N–H and O–H groups in total. The number of methoxy groups -OCH3 is 2. The third-order valence-electron chi connectivity index (χ3n) is 8.87.